The largest absolute Gasteiger partial charge is 0.492 e. The fraction of sp³-hybridized carbons (Fsp3) is 0.250. The molecule has 0 aliphatic rings. The minimum Gasteiger partial charge on any atom is -0.492 e. The van der Waals surface area contributed by atoms with Crippen LogP contribution in [0.3, 0.4) is 0 Å². The van der Waals surface area contributed by atoms with Gasteiger partial charge in [0.2, 0.25) is 0 Å². The summed E-state index contributed by atoms with van der Waals surface area (Å²) in [7, 11) is -4.43. The van der Waals surface area contributed by atoms with Crippen molar-refractivity contribution in [3.8, 4) is 5.75 Å². The van der Waals surface area contributed by atoms with Gasteiger partial charge in [-0.2, -0.15) is 8.42 Å². The lowest BCUT2D eigenvalue weighted by Crippen LogP contribution is -2.01. The molecule has 0 aliphatic carbocycles. The maximum absolute atomic E-state index is 10.7. The first kappa shape index (κ1) is 10.0. The van der Waals surface area contributed by atoms with E-state index in [-0.39, 0.29) is 10.6 Å². The molecule has 0 unspecified atom stereocenters. The summed E-state index contributed by atoms with van der Waals surface area (Å²) < 4.78 is 37.1. The van der Waals surface area contributed by atoms with Crippen LogP contribution in [0.2, 0.25) is 0 Å². The molecule has 0 fully saturated rings. The van der Waals surface area contributed by atoms with Crippen LogP contribution >= 0.6 is 0 Å². The molecule has 1 rings (SSSR count). The smallest absolute Gasteiger partial charge is 0.327 e. The Kier molecular flexibility index (Phi) is 2.90. The van der Waals surface area contributed by atoms with Crippen molar-refractivity contribution in [1.82, 2.24) is 0 Å². The van der Waals surface area contributed by atoms with Crippen LogP contribution in [-0.4, -0.2) is 15.0 Å². The second-order valence-corrected chi connectivity index (χ2v) is 3.68. The van der Waals surface area contributed by atoms with Gasteiger partial charge in [-0.1, -0.05) is 16.7 Å². The summed E-state index contributed by atoms with van der Waals surface area (Å²) in [4.78, 5) is -0.308. The normalized spacial score (nSPS) is 11.2. The highest BCUT2D eigenvalue weighted by atomic mass is 32.2. The van der Waals surface area contributed by atoms with Crippen molar-refractivity contribution in [2.24, 2.45) is 0 Å². The highest BCUT2D eigenvalue weighted by Gasteiger charge is 2.16. The Balaban J connectivity index is 3.20. The molecule has 4 nitrogen and oxygen atoms in total. The first-order valence-electron chi connectivity index (χ1n) is 3.73. The molecule has 0 aromatic heterocycles. The minimum atomic E-state index is -4.43. The van der Waals surface area contributed by atoms with Gasteiger partial charge in [-0.25, -0.2) is 0 Å². The first-order chi connectivity index (χ1) is 6.05. The summed E-state index contributed by atoms with van der Waals surface area (Å²) in [6.45, 7) is 2.04. The van der Waals surface area contributed by atoms with E-state index in [0.29, 0.717) is 6.61 Å². The van der Waals surface area contributed by atoms with Gasteiger partial charge in [0, 0.05) is 0 Å². The molecule has 0 N–H and O–H groups in total. The summed E-state index contributed by atoms with van der Waals surface area (Å²) >= 11 is 0. The molecule has 5 heteroatoms. The molecule has 0 saturated heterocycles. The number of ether oxygens (including phenoxy) is 1. The summed E-state index contributed by atoms with van der Waals surface area (Å²) in [6, 6.07) is 5.77. The van der Waals surface area contributed by atoms with Crippen molar-refractivity contribution >= 4 is 10.1 Å². The van der Waals surface area contributed by atoms with Crippen LogP contribution < -0.4 is 4.74 Å². The quantitative estimate of drug-likeness (QED) is 0.738. The monoisotopic (exact) mass is 201 g/mol. The number of hydrogen-bond acceptors (Lipinski definition) is 3. The highest BCUT2D eigenvalue weighted by Crippen LogP contribution is 2.22. The molecule has 1 aromatic carbocycles. The molecular formula is C8H9O4S. The van der Waals surface area contributed by atoms with E-state index in [4.69, 9.17) is 4.74 Å². The zero-order chi connectivity index (χ0) is 9.90. The summed E-state index contributed by atoms with van der Waals surface area (Å²) in [5, 5.41) is 0. The fourth-order valence-corrected chi connectivity index (χ4v) is 1.55. The van der Waals surface area contributed by atoms with Crippen molar-refractivity contribution in [2.75, 3.05) is 6.61 Å². The number of rotatable bonds is 3. The van der Waals surface area contributed by atoms with Crippen LogP contribution in [0, 0.1) is 0 Å². The van der Waals surface area contributed by atoms with E-state index in [2.05, 4.69) is 0 Å². The maximum atomic E-state index is 10.7. The van der Waals surface area contributed by atoms with Crippen molar-refractivity contribution in [3.63, 3.8) is 0 Å². The number of para-hydroxylation sites is 1. The van der Waals surface area contributed by atoms with Gasteiger partial charge in [0.25, 0.3) is 0 Å². The molecule has 13 heavy (non-hydrogen) atoms. The SMILES string of the molecule is CCOc1ccccc1S([O])(=O)=O. The Hall–Kier alpha value is -1.07. The third-order valence-corrected chi connectivity index (χ3v) is 2.29. The molecule has 0 amide bonds. The molecule has 0 heterocycles. The van der Waals surface area contributed by atoms with Gasteiger partial charge in [-0.05, 0) is 19.1 Å². The summed E-state index contributed by atoms with van der Waals surface area (Å²) in [6.07, 6.45) is 0. The van der Waals surface area contributed by atoms with Gasteiger partial charge in [-0.3, -0.25) is 0 Å². The number of hydrogen-bond donors (Lipinski definition) is 0. The summed E-state index contributed by atoms with van der Waals surface area (Å²) in [5.41, 5.74) is 0. The average Bonchev–Trinajstić information content (AvgIpc) is 2.04. The predicted octanol–water partition coefficient (Wildman–Crippen LogP) is 1.20. The lowest BCUT2D eigenvalue weighted by atomic mass is 10.3. The molecule has 1 aromatic rings. The van der Waals surface area contributed by atoms with Gasteiger partial charge in [-0.15, -0.1) is 0 Å². The Labute approximate surface area is 76.9 Å². The predicted molar refractivity (Wildman–Crippen MR) is 45.5 cm³/mol. The van der Waals surface area contributed by atoms with Crippen LogP contribution in [-0.2, 0) is 14.7 Å². The standard InChI is InChI=1S/C8H9O4S/c1-2-12-7-5-3-4-6-8(7)13(9,10)11/h3-6H,2H2,1H3. The van der Waals surface area contributed by atoms with Crippen LogP contribution in [0.1, 0.15) is 6.92 Å². The van der Waals surface area contributed by atoms with Crippen LogP contribution in [0.15, 0.2) is 29.2 Å². The van der Waals surface area contributed by atoms with Crippen molar-refractivity contribution in [3.05, 3.63) is 24.3 Å². The van der Waals surface area contributed by atoms with Gasteiger partial charge in [0.1, 0.15) is 10.6 Å². The maximum Gasteiger partial charge on any atom is 0.327 e. The zero-order valence-corrected chi connectivity index (χ0v) is 7.87. The topological polar surface area (TPSA) is 63.3 Å². The van der Waals surface area contributed by atoms with Gasteiger partial charge < -0.3 is 4.74 Å². The van der Waals surface area contributed by atoms with Gasteiger partial charge in [0.15, 0.2) is 0 Å². The van der Waals surface area contributed by atoms with E-state index < -0.39 is 10.1 Å². The molecule has 0 aliphatic heterocycles. The lowest BCUT2D eigenvalue weighted by Gasteiger charge is -2.05. The minimum absolute atomic E-state index is 0.111. The third kappa shape index (κ3) is 2.43. The zero-order valence-electron chi connectivity index (χ0n) is 7.06. The molecule has 71 valence electrons. The Morgan fingerprint density at radius 2 is 1.92 bits per heavy atom. The molecule has 0 spiro atoms. The average molecular weight is 201 g/mol. The van der Waals surface area contributed by atoms with Crippen molar-refractivity contribution in [2.45, 2.75) is 11.8 Å². The fourth-order valence-electron chi connectivity index (χ4n) is 0.931. The molecule has 0 saturated carbocycles. The van der Waals surface area contributed by atoms with E-state index in [1.165, 1.54) is 18.2 Å². The Bertz CT molecular complexity index is 383. The van der Waals surface area contributed by atoms with Gasteiger partial charge >= 0.3 is 10.1 Å². The van der Waals surface area contributed by atoms with E-state index in [0.717, 1.165) is 0 Å². The molecule has 0 atom stereocenters. The molecular weight excluding hydrogens is 192 g/mol. The van der Waals surface area contributed by atoms with E-state index >= 15 is 0 Å². The van der Waals surface area contributed by atoms with Crippen molar-refractivity contribution < 1.29 is 17.7 Å². The first-order valence-corrected chi connectivity index (χ1v) is 5.14. The van der Waals surface area contributed by atoms with Crippen LogP contribution in [0.4, 0.5) is 0 Å². The second-order valence-electron chi connectivity index (χ2n) is 2.33. The third-order valence-electron chi connectivity index (χ3n) is 1.42. The Morgan fingerprint density at radius 3 is 2.46 bits per heavy atom. The van der Waals surface area contributed by atoms with Crippen LogP contribution in [0.5, 0.6) is 5.75 Å². The van der Waals surface area contributed by atoms with Crippen molar-refractivity contribution in [1.29, 1.82) is 0 Å². The highest BCUT2D eigenvalue weighted by molar-refractivity contribution is 7.85. The molecule has 1 radical (unpaired) electrons. The van der Waals surface area contributed by atoms with E-state index in [9.17, 15) is 13.0 Å². The van der Waals surface area contributed by atoms with Crippen LogP contribution in [0.25, 0.3) is 0 Å². The lowest BCUT2D eigenvalue weighted by molar-refractivity contribution is 0.327. The van der Waals surface area contributed by atoms with E-state index in [1.54, 1.807) is 13.0 Å². The summed E-state index contributed by atoms with van der Waals surface area (Å²) in [5.74, 6) is 0.111. The van der Waals surface area contributed by atoms with Gasteiger partial charge in [0.05, 0.1) is 6.61 Å². The second kappa shape index (κ2) is 3.76. The number of benzene rings is 1. The van der Waals surface area contributed by atoms with E-state index in [1.807, 2.05) is 0 Å². The Morgan fingerprint density at radius 1 is 1.31 bits per heavy atom. The molecule has 0 bridgehead atoms.